The maximum atomic E-state index is 12.6. The van der Waals surface area contributed by atoms with Gasteiger partial charge in [0.15, 0.2) is 0 Å². The van der Waals surface area contributed by atoms with Crippen molar-refractivity contribution < 1.29 is 24.2 Å². The largest absolute Gasteiger partial charge is 0.466 e. The molecule has 0 aromatic rings. The Labute approximate surface area is 279 Å². The number of esters is 2. The van der Waals surface area contributed by atoms with Crippen LogP contribution in [0.15, 0.2) is 0 Å². The molecule has 1 rings (SSSR count). The van der Waals surface area contributed by atoms with E-state index in [0.717, 1.165) is 96.7 Å². The lowest BCUT2D eigenvalue weighted by Crippen LogP contribution is -2.29. The smallest absolute Gasteiger partial charge is 0.306 e. The third-order valence-electron chi connectivity index (χ3n) is 9.49. The van der Waals surface area contributed by atoms with Crippen molar-refractivity contribution >= 4 is 11.9 Å². The van der Waals surface area contributed by atoms with Crippen LogP contribution in [0.1, 0.15) is 200 Å². The van der Waals surface area contributed by atoms with Crippen molar-refractivity contribution in [3.63, 3.8) is 0 Å². The lowest BCUT2D eigenvalue weighted by atomic mass is 10.0. The number of carbonyl (C=O) groups excluding carboxylic acids is 2. The van der Waals surface area contributed by atoms with E-state index in [1.807, 2.05) is 0 Å². The number of aliphatic hydroxyl groups excluding tert-OH is 1. The number of nitrogens with zero attached hydrogens (tertiary/aromatic N) is 1. The lowest BCUT2D eigenvalue weighted by molar-refractivity contribution is -0.150. The number of rotatable bonds is 24. The maximum Gasteiger partial charge on any atom is 0.306 e. The molecule has 6 nitrogen and oxygen atoms in total. The van der Waals surface area contributed by atoms with Crippen LogP contribution < -0.4 is 0 Å². The Balaban J connectivity index is 2.06. The first-order valence-corrected chi connectivity index (χ1v) is 19.8. The van der Waals surface area contributed by atoms with E-state index in [0.29, 0.717) is 19.4 Å². The molecule has 1 saturated carbocycles. The summed E-state index contributed by atoms with van der Waals surface area (Å²) in [6, 6.07) is 0. The summed E-state index contributed by atoms with van der Waals surface area (Å²) in [6.45, 7) is 5.79. The average Bonchev–Trinajstić information content (AvgIpc) is 3.04. The highest BCUT2D eigenvalue weighted by Crippen LogP contribution is 2.20. The number of hydrogen-bond acceptors (Lipinski definition) is 6. The van der Waals surface area contributed by atoms with Crippen molar-refractivity contribution in [2.24, 2.45) is 0 Å². The topological polar surface area (TPSA) is 76.1 Å². The molecular weight excluding hydrogens is 562 g/mol. The van der Waals surface area contributed by atoms with Gasteiger partial charge in [-0.1, -0.05) is 129 Å². The highest BCUT2D eigenvalue weighted by atomic mass is 16.5. The monoisotopic (exact) mass is 638 g/mol. The molecule has 0 aliphatic heterocycles. The Morgan fingerprint density at radius 2 is 1.00 bits per heavy atom. The van der Waals surface area contributed by atoms with Gasteiger partial charge in [-0.3, -0.25) is 9.59 Å². The molecule has 45 heavy (non-hydrogen) atoms. The van der Waals surface area contributed by atoms with Crippen LogP contribution in [0.2, 0.25) is 0 Å². The van der Waals surface area contributed by atoms with E-state index in [1.54, 1.807) is 0 Å². The number of carbonyl (C=O) groups is 2. The average molecular weight is 638 g/mol. The van der Waals surface area contributed by atoms with Crippen molar-refractivity contribution in [1.82, 2.24) is 4.90 Å². The Bertz CT molecular complexity index is 641. The first-order chi connectivity index (χ1) is 22.2. The second-order valence-corrected chi connectivity index (χ2v) is 13.8. The van der Waals surface area contributed by atoms with Gasteiger partial charge in [-0.15, -0.1) is 0 Å². The van der Waals surface area contributed by atoms with E-state index < -0.39 is 0 Å². The summed E-state index contributed by atoms with van der Waals surface area (Å²) >= 11 is 0. The molecular formula is C39H75NO5. The standard InChI is InChI=1S/C39H75NO5/c1-2-3-4-27-36-44-38(42)30-23-17-13-19-25-32-40(34-35-41)33-26-20-14-18-24-31-39(43)45-37-28-21-15-11-9-7-5-6-8-10-12-16-22-29-37/h37,41H,2-36H2,1H3. The predicted octanol–water partition coefficient (Wildman–Crippen LogP) is 10.5. The van der Waals surface area contributed by atoms with Crippen molar-refractivity contribution in [3.05, 3.63) is 0 Å². The van der Waals surface area contributed by atoms with Crippen LogP contribution in [-0.4, -0.2) is 60.9 Å². The minimum absolute atomic E-state index is 0.0183. The molecule has 1 aliphatic rings. The van der Waals surface area contributed by atoms with Crippen LogP contribution in [0.25, 0.3) is 0 Å². The summed E-state index contributed by atoms with van der Waals surface area (Å²) in [5, 5.41) is 9.49. The van der Waals surface area contributed by atoms with Crippen molar-refractivity contribution in [2.45, 2.75) is 206 Å². The highest BCUT2D eigenvalue weighted by molar-refractivity contribution is 5.69. The van der Waals surface area contributed by atoms with Gasteiger partial charge in [-0.05, 0) is 70.9 Å². The molecule has 0 atom stereocenters. The van der Waals surface area contributed by atoms with Gasteiger partial charge in [-0.25, -0.2) is 0 Å². The minimum Gasteiger partial charge on any atom is -0.466 e. The van der Waals surface area contributed by atoms with Crippen molar-refractivity contribution in [1.29, 1.82) is 0 Å². The quantitative estimate of drug-likeness (QED) is 0.0838. The van der Waals surface area contributed by atoms with Gasteiger partial charge in [0.1, 0.15) is 6.10 Å². The van der Waals surface area contributed by atoms with Crippen LogP contribution in [0.5, 0.6) is 0 Å². The maximum absolute atomic E-state index is 12.6. The second-order valence-electron chi connectivity index (χ2n) is 13.8. The van der Waals surface area contributed by atoms with Gasteiger partial charge in [0.05, 0.1) is 13.2 Å². The van der Waals surface area contributed by atoms with Crippen LogP contribution in [0.3, 0.4) is 0 Å². The number of ether oxygens (including phenoxy) is 2. The molecule has 0 aromatic carbocycles. The molecule has 0 heterocycles. The fourth-order valence-corrected chi connectivity index (χ4v) is 6.55. The highest BCUT2D eigenvalue weighted by Gasteiger charge is 2.14. The Kier molecular flexibility index (Phi) is 30.5. The summed E-state index contributed by atoms with van der Waals surface area (Å²) in [5.41, 5.74) is 0. The van der Waals surface area contributed by atoms with Gasteiger partial charge in [0, 0.05) is 19.4 Å². The summed E-state index contributed by atoms with van der Waals surface area (Å²) in [5.74, 6) is -0.0208. The van der Waals surface area contributed by atoms with E-state index in [1.165, 1.54) is 103 Å². The Hall–Kier alpha value is -1.14. The molecule has 6 heteroatoms. The van der Waals surface area contributed by atoms with Crippen LogP contribution >= 0.6 is 0 Å². The van der Waals surface area contributed by atoms with E-state index in [2.05, 4.69) is 11.8 Å². The molecule has 1 fully saturated rings. The zero-order valence-corrected chi connectivity index (χ0v) is 29.9. The molecule has 266 valence electrons. The summed E-state index contributed by atoms with van der Waals surface area (Å²) < 4.78 is 11.3. The van der Waals surface area contributed by atoms with Gasteiger partial charge in [0.25, 0.3) is 0 Å². The van der Waals surface area contributed by atoms with Crippen LogP contribution in [0, 0.1) is 0 Å². The molecule has 0 spiro atoms. The fourth-order valence-electron chi connectivity index (χ4n) is 6.55. The molecule has 0 amide bonds. The van der Waals surface area contributed by atoms with E-state index in [-0.39, 0.29) is 24.6 Å². The first-order valence-electron chi connectivity index (χ1n) is 19.8. The van der Waals surface area contributed by atoms with Gasteiger partial charge in [0.2, 0.25) is 0 Å². The molecule has 1 aliphatic carbocycles. The summed E-state index contributed by atoms with van der Waals surface area (Å²) in [4.78, 5) is 26.8. The minimum atomic E-state index is -0.0391. The molecule has 0 bridgehead atoms. The number of hydrogen-bond donors (Lipinski definition) is 1. The number of aliphatic hydroxyl groups is 1. The molecule has 0 aromatic heterocycles. The first kappa shape index (κ1) is 41.9. The second kappa shape index (κ2) is 32.8. The Morgan fingerprint density at radius 3 is 1.51 bits per heavy atom. The summed E-state index contributed by atoms with van der Waals surface area (Å²) in [7, 11) is 0. The third kappa shape index (κ3) is 28.8. The lowest BCUT2D eigenvalue weighted by Gasteiger charge is -2.21. The third-order valence-corrected chi connectivity index (χ3v) is 9.49. The molecule has 0 unspecified atom stereocenters. The normalized spacial score (nSPS) is 16.2. The predicted molar refractivity (Wildman–Crippen MR) is 189 cm³/mol. The van der Waals surface area contributed by atoms with Gasteiger partial charge in [-0.2, -0.15) is 0 Å². The molecule has 1 N–H and O–H groups in total. The van der Waals surface area contributed by atoms with Crippen LogP contribution in [0.4, 0.5) is 0 Å². The van der Waals surface area contributed by atoms with E-state index >= 15 is 0 Å². The molecule has 0 saturated heterocycles. The zero-order valence-electron chi connectivity index (χ0n) is 29.9. The van der Waals surface area contributed by atoms with E-state index in [9.17, 15) is 14.7 Å². The van der Waals surface area contributed by atoms with Crippen molar-refractivity contribution in [3.8, 4) is 0 Å². The zero-order chi connectivity index (χ0) is 32.5. The number of unbranched alkanes of at least 4 members (excludes halogenated alkanes) is 11. The Morgan fingerprint density at radius 1 is 0.556 bits per heavy atom. The van der Waals surface area contributed by atoms with Crippen LogP contribution in [-0.2, 0) is 19.1 Å². The molecule has 0 radical (unpaired) electrons. The SMILES string of the molecule is CCCCCCOC(=O)CCCCCCCN(CCO)CCCCCCCC(=O)OC1CCCCCCCCCCCCCC1. The van der Waals surface area contributed by atoms with Gasteiger partial charge >= 0.3 is 11.9 Å². The summed E-state index contributed by atoms with van der Waals surface area (Å²) in [6.07, 6.45) is 34.8. The fraction of sp³-hybridized carbons (Fsp3) is 0.949. The van der Waals surface area contributed by atoms with E-state index in [4.69, 9.17) is 9.47 Å². The van der Waals surface area contributed by atoms with Crippen molar-refractivity contribution in [2.75, 3.05) is 32.8 Å². The van der Waals surface area contributed by atoms with Gasteiger partial charge < -0.3 is 19.5 Å².